The van der Waals surface area contributed by atoms with Crippen molar-refractivity contribution in [3.05, 3.63) is 29.8 Å². The van der Waals surface area contributed by atoms with Crippen molar-refractivity contribution in [3.8, 4) is 0 Å². The number of primary sulfonamides is 1. The van der Waals surface area contributed by atoms with Crippen LogP contribution in [0, 0.1) is 0 Å². The molecule has 1 aromatic rings. The zero-order valence-corrected chi connectivity index (χ0v) is 7.40. The third kappa shape index (κ3) is 2.53. The zero-order valence-electron chi connectivity index (χ0n) is 6.58. The van der Waals surface area contributed by atoms with Crippen molar-refractivity contribution in [2.45, 2.75) is 4.90 Å². The molecule has 13 heavy (non-hydrogen) atoms. The van der Waals surface area contributed by atoms with Gasteiger partial charge in [0.1, 0.15) is 0 Å². The highest BCUT2D eigenvalue weighted by Crippen LogP contribution is 2.07. The smallest absolute Gasteiger partial charge is 0.238 e. The predicted molar refractivity (Wildman–Crippen MR) is 47.2 cm³/mol. The number of nitrogens with zero attached hydrogens (tertiary/aromatic N) is 1. The maximum absolute atomic E-state index is 10.9. The van der Waals surface area contributed by atoms with Crippen molar-refractivity contribution in [1.82, 2.24) is 0 Å². The molecule has 0 spiro atoms. The van der Waals surface area contributed by atoms with Gasteiger partial charge in [0, 0.05) is 0 Å². The third-order valence-corrected chi connectivity index (χ3v) is 2.30. The number of benzene rings is 1. The SMILES string of the molecule is NS(=O)(=O)c1cccc(/C=N\O)c1. The van der Waals surface area contributed by atoms with Crippen LogP contribution in [0.3, 0.4) is 0 Å². The lowest BCUT2D eigenvalue weighted by Gasteiger charge is -1.97. The molecule has 0 aliphatic rings. The van der Waals surface area contributed by atoms with Crippen LogP contribution in [0.15, 0.2) is 34.3 Å². The number of hydrogen-bond acceptors (Lipinski definition) is 4. The van der Waals surface area contributed by atoms with Crippen LogP contribution in [-0.4, -0.2) is 19.8 Å². The Morgan fingerprint density at radius 2 is 2.15 bits per heavy atom. The minimum absolute atomic E-state index is 0.00935. The minimum Gasteiger partial charge on any atom is -0.411 e. The number of sulfonamides is 1. The summed E-state index contributed by atoms with van der Waals surface area (Å²) < 4.78 is 21.7. The monoisotopic (exact) mass is 200 g/mol. The maximum atomic E-state index is 10.9. The van der Waals surface area contributed by atoms with Gasteiger partial charge >= 0.3 is 0 Å². The van der Waals surface area contributed by atoms with Gasteiger partial charge in [-0.05, 0) is 17.7 Å². The lowest BCUT2D eigenvalue weighted by molar-refractivity contribution is 0.322. The summed E-state index contributed by atoms with van der Waals surface area (Å²) in [6, 6.07) is 5.78. The molecule has 0 saturated carbocycles. The van der Waals surface area contributed by atoms with Crippen LogP contribution in [0.25, 0.3) is 0 Å². The Morgan fingerprint density at radius 1 is 1.46 bits per heavy atom. The van der Waals surface area contributed by atoms with Crippen LogP contribution in [0.2, 0.25) is 0 Å². The number of hydrogen-bond donors (Lipinski definition) is 2. The molecule has 0 bridgehead atoms. The zero-order chi connectivity index (χ0) is 9.90. The molecular formula is C7H8N2O3S. The molecule has 0 saturated heterocycles. The first kappa shape index (κ1) is 9.69. The van der Waals surface area contributed by atoms with E-state index < -0.39 is 10.0 Å². The first-order valence-electron chi connectivity index (χ1n) is 3.34. The first-order valence-corrected chi connectivity index (χ1v) is 4.89. The Balaban J connectivity index is 3.21. The van der Waals surface area contributed by atoms with Gasteiger partial charge in [-0.15, -0.1) is 0 Å². The molecule has 0 radical (unpaired) electrons. The van der Waals surface area contributed by atoms with E-state index in [2.05, 4.69) is 5.16 Å². The van der Waals surface area contributed by atoms with Gasteiger partial charge in [0.25, 0.3) is 0 Å². The molecule has 0 aliphatic carbocycles. The second-order valence-corrected chi connectivity index (χ2v) is 3.92. The van der Waals surface area contributed by atoms with Crippen LogP contribution in [0.4, 0.5) is 0 Å². The fourth-order valence-electron chi connectivity index (χ4n) is 0.838. The van der Waals surface area contributed by atoms with Crippen LogP contribution in [-0.2, 0) is 10.0 Å². The maximum Gasteiger partial charge on any atom is 0.238 e. The van der Waals surface area contributed by atoms with Gasteiger partial charge in [-0.2, -0.15) is 0 Å². The van der Waals surface area contributed by atoms with E-state index >= 15 is 0 Å². The summed E-state index contributed by atoms with van der Waals surface area (Å²) in [5.41, 5.74) is 0.467. The average Bonchev–Trinajstić information content (AvgIpc) is 2.04. The molecule has 0 amide bonds. The van der Waals surface area contributed by atoms with Gasteiger partial charge in [0.05, 0.1) is 11.1 Å². The van der Waals surface area contributed by atoms with Crippen LogP contribution in [0.5, 0.6) is 0 Å². The molecule has 0 aliphatic heterocycles. The van der Waals surface area contributed by atoms with E-state index in [1.165, 1.54) is 18.2 Å². The largest absolute Gasteiger partial charge is 0.411 e. The average molecular weight is 200 g/mol. The topological polar surface area (TPSA) is 92.8 Å². The van der Waals surface area contributed by atoms with E-state index in [1.807, 2.05) is 0 Å². The van der Waals surface area contributed by atoms with Gasteiger partial charge in [-0.3, -0.25) is 0 Å². The number of rotatable bonds is 2. The Labute approximate surface area is 75.5 Å². The highest BCUT2D eigenvalue weighted by atomic mass is 32.2. The molecular weight excluding hydrogens is 192 g/mol. The second kappa shape index (κ2) is 3.55. The molecule has 1 rings (SSSR count). The lowest BCUT2D eigenvalue weighted by Crippen LogP contribution is -2.12. The Hall–Kier alpha value is -1.40. The normalized spacial score (nSPS) is 12.1. The molecule has 5 nitrogen and oxygen atoms in total. The Kier molecular flexibility index (Phi) is 2.64. The van der Waals surface area contributed by atoms with Gasteiger partial charge in [-0.25, -0.2) is 13.6 Å². The molecule has 70 valence electrons. The van der Waals surface area contributed by atoms with E-state index in [-0.39, 0.29) is 4.90 Å². The van der Waals surface area contributed by atoms with Gasteiger partial charge in [0.2, 0.25) is 10.0 Å². The summed E-state index contributed by atoms with van der Waals surface area (Å²) in [7, 11) is -3.69. The molecule has 0 aromatic heterocycles. The fraction of sp³-hybridized carbons (Fsp3) is 0. The van der Waals surface area contributed by atoms with Crippen molar-refractivity contribution < 1.29 is 13.6 Å². The molecule has 0 fully saturated rings. The fourth-order valence-corrected chi connectivity index (χ4v) is 1.41. The predicted octanol–water partition coefficient (Wildman–Crippen LogP) is 0.142. The highest BCUT2D eigenvalue weighted by molar-refractivity contribution is 7.89. The van der Waals surface area contributed by atoms with Crippen LogP contribution >= 0.6 is 0 Å². The molecule has 0 atom stereocenters. The van der Waals surface area contributed by atoms with E-state index in [4.69, 9.17) is 10.3 Å². The summed E-state index contributed by atoms with van der Waals surface area (Å²) in [6.45, 7) is 0. The summed E-state index contributed by atoms with van der Waals surface area (Å²) >= 11 is 0. The first-order chi connectivity index (χ1) is 6.04. The van der Waals surface area contributed by atoms with Crippen molar-refractivity contribution in [2.24, 2.45) is 10.3 Å². The quantitative estimate of drug-likeness (QED) is 0.404. The van der Waals surface area contributed by atoms with E-state index in [9.17, 15) is 8.42 Å². The number of nitrogens with two attached hydrogens (primary N) is 1. The van der Waals surface area contributed by atoms with E-state index in [0.29, 0.717) is 5.56 Å². The molecule has 0 heterocycles. The summed E-state index contributed by atoms with van der Waals surface area (Å²) in [5, 5.41) is 15.9. The molecule has 6 heteroatoms. The van der Waals surface area contributed by atoms with Gasteiger partial charge in [0.15, 0.2) is 0 Å². The molecule has 3 N–H and O–H groups in total. The summed E-state index contributed by atoms with van der Waals surface area (Å²) in [5.74, 6) is 0. The van der Waals surface area contributed by atoms with Crippen molar-refractivity contribution in [1.29, 1.82) is 0 Å². The summed E-state index contributed by atoms with van der Waals surface area (Å²) in [4.78, 5) is -0.00935. The van der Waals surface area contributed by atoms with Gasteiger partial charge in [-0.1, -0.05) is 17.3 Å². The molecule has 0 unspecified atom stereocenters. The van der Waals surface area contributed by atoms with Crippen LogP contribution in [0.1, 0.15) is 5.56 Å². The van der Waals surface area contributed by atoms with Crippen molar-refractivity contribution in [3.63, 3.8) is 0 Å². The Bertz CT molecular complexity index is 425. The van der Waals surface area contributed by atoms with Gasteiger partial charge < -0.3 is 5.21 Å². The van der Waals surface area contributed by atoms with Crippen LogP contribution < -0.4 is 5.14 Å². The van der Waals surface area contributed by atoms with E-state index in [0.717, 1.165) is 6.21 Å². The lowest BCUT2D eigenvalue weighted by atomic mass is 10.2. The molecule has 1 aromatic carbocycles. The minimum atomic E-state index is -3.69. The Morgan fingerprint density at radius 3 is 2.69 bits per heavy atom. The second-order valence-electron chi connectivity index (χ2n) is 2.36. The third-order valence-electron chi connectivity index (χ3n) is 1.39. The van der Waals surface area contributed by atoms with Crippen molar-refractivity contribution in [2.75, 3.05) is 0 Å². The summed E-state index contributed by atoms with van der Waals surface area (Å²) in [6.07, 6.45) is 1.12. The van der Waals surface area contributed by atoms with Crippen molar-refractivity contribution >= 4 is 16.2 Å². The standard InChI is InChI=1S/C7H8N2O3S/c8-13(11,12)7-3-1-2-6(4-7)5-9-10/h1-5,10H,(H2,8,11,12)/b9-5-. The highest BCUT2D eigenvalue weighted by Gasteiger charge is 2.06. The van der Waals surface area contributed by atoms with E-state index in [1.54, 1.807) is 6.07 Å². The number of oxime groups is 1.